The molecule has 5 nitrogen and oxygen atoms in total. The van der Waals surface area contributed by atoms with Crippen LogP contribution >= 0.6 is 0 Å². The lowest BCUT2D eigenvalue weighted by Gasteiger charge is -2.08. The lowest BCUT2D eigenvalue weighted by Crippen LogP contribution is -2.10. The Morgan fingerprint density at radius 3 is 2.55 bits per heavy atom. The number of nitrogens with one attached hydrogen (secondary N) is 1. The monoisotopic (exact) mass is 270 g/mol. The van der Waals surface area contributed by atoms with Crippen LogP contribution in [0.2, 0.25) is 0 Å². The average Bonchev–Trinajstić information content (AvgIpc) is 2.44. The number of primary amides is 1. The van der Waals surface area contributed by atoms with E-state index in [0.29, 0.717) is 11.4 Å². The summed E-state index contributed by atoms with van der Waals surface area (Å²) in [5, 5.41) is 3.25. The molecule has 0 fully saturated rings. The van der Waals surface area contributed by atoms with Crippen LogP contribution in [0.5, 0.6) is 0 Å². The molecule has 1 heterocycles. The van der Waals surface area contributed by atoms with E-state index in [9.17, 15) is 4.79 Å². The maximum atomic E-state index is 11.1. The summed E-state index contributed by atoms with van der Waals surface area (Å²) < 4.78 is 0. The van der Waals surface area contributed by atoms with Crippen molar-refractivity contribution in [2.75, 3.05) is 11.9 Å². The molecule has 0 saturated carbocycles. The number of carbonyl (C=O) groups excluding carboxylic acids is 1. The lowest BCUT2D eigenvalue weighted by molar-refractivity contribution is 0.100. The Kier molecular flexibility index (Phi) is 4.30. The number of hydrogen-bond acceptors (Lipinski definition) is 4. The Morgan fingerprint density at radius 2 is 1.95 bits per heavy atom. The van der Waals surface area contributed by atoms with Crippen molar-refractivity contribution in [2.24, 2.45) is 5.73 Å². The number of carbonyl (C=O) groups is 1. The molecule has 0 saturated heterocycles. The molecule has 0 aliphatic rings. The van der Waals surface area contributed by atoms with Crippen LogP contribution in [0.25, 0.3) is 11.4 Å². The van der Waals surface area contributed by atoms with Gasteiger partial charge in [0.25, 0.3) is 0 Å². The minimum Gasteiger partial charge on any atom is -0.370 e. The largest absolute Gasteiger partial charge is 0.370 e. The molecule has 0 spiro atoms. The molecule has 2 aromatic rings. The van der Waals surface area contributed by atoms with Gasteiger partial charge in [-0.3, -0.25) is 4.79 Å². The molecule has 2 rings (SSSR count). The van der Waals surface area contributed by atoms with E-state index in [-0.39, 0.29) is 0 Å². The summed E-state index contributed by atoms with van der Waals surface area (Å²) in [4.78, 5) is 20.0. The molecular weight excluding hydrogens is 252 g/mol. The maximum absolute atomic E-state index is 11.1. The zero-order valence-electron chi connectivity index (χ0n) is 11.7. The Morgan fingerprint density at radius 1 is 1.25 bits per heavy atom. The predicted octanol–water partition coefficient (Wildman–Crippen LogP) is 2.37. The van der Waals surface area contributed by atoms with Crippen molar-refractivity contribution in [3.63, 3.8) is 0 Å². The normalized spacial score (nSPS) is 10.3. The van der Waals surface area contributed by atoms with Crippen molar-refractivity contribution in [3.05, 3.63) is 41.6 Å². The second kappa shape index (κ2) is 6.14. The van der Waals surface area contributed by atoms with E-state index in [1.165, 1.54) is 0 Å². The van der Waals surface area contributed by atoms with Crippen molar-refractivity contribution in [3.8, 4) is 11.4 Å². The number of benzene rings is 1. The van der Waals surface area contributed by atoms with E-state index in [4.69, 9.17) is 5.73 Å². The van der Waals surface area contributed by atoms with E-state index in [0.717, 1.165) is 30.0 Å². The Hall–Kier alpha value is -2.43. The molecule has 3 N–H and O–H groups in total. The average molecular weight is 270 g/mol. The summed E-state index contributed by atoms with van der Waals surface area (Å²) in [6, 6.07) is 8.89. The smallest absolute Gasteiger partial charge is 0.248 e. The van der Waals surface area contributed by atoms with Crippen molar-refractivity contribution < 1.29 is 4.79 Å². The van der Waals surface area contributed by atoms with Crippen LogP contribution in [0.4, 0.5) is 5.82 Å². The fourth-order valence-electron chi connectivity index (χ4n) is 1.82. The molecule has 1 aromatic carbocycles. The Balaban J connectivity index is 2.31. The van der Waals surface area contributed by atoms with Crippen LogP contribution < -0.4 is 11.1 Å². The highest BCUT2D eigenvalue weighted by Gasteiger charge is 2.06. The summed E-state index contributed by atoms with van der Waals surface area (Å²) >= 11 is 0. The van der Waals surface area contributed by atoms with E-state index >= 15 is 0 Å². The topological polar surface area (TPSA) is 80.9 Å². The van der Waals surface area contributed by atoms with Gasteiger partial charge in [0, 0.05) is 29.4 Å². The maximum Gasteiger partial charge on any atom is 0.248 e. The van der Waals surface area contributed by atoms with Crippen LogP contribution in [-0.2, 0) is 0 Å². The third-order valence-electron chi connectivity index (χ3n) is 2.84. The second-order valence-corrected chi connectivity index (χ2v) is 4.59. The number of aromatic nitrogens is 2. The molecule has 0 aliphatic carbocycles. The number of anilines is 1. The van der Waals surface area contributed by atoms with Crippen molar-refractivity contribution in [1.29, 1.82) is 0 Å². The van der Waals surface area contributed by atoms with Crippen LogP contribution in [0.1, 0.15) is 29.4 Å². The first-order valence-electron chi connectivity index (χ1n) is 6.60. The molecule has 0 radical (unpaired) electrons. The van der Waals surface area contributed by atoms with Gasteiger partial charge in [-0.2, -0.15) is 0 Å². The standard InChI is InChI=1S/C15H18N4O/c1-3-8-17-13-9-10(2)18-15(19-13)12-6-4-11(5-7-12)14(16)20/h4-7,9H,3,8H2,1-2H3,(H2,16,20)(H,17,18,19). The number of nitrogens with two attached hydrogens (primary N) is 1. The highest BCUT2D eigenvalue weighted by molar-refractivity contribution is 5.93. The van der Waals surface area contributed by atoms with Gasteiger partial charge in [0.05, 0.1) is 0 Å². The first-order valence-corrected chi connectivity index (χ1v) is 6.60. The highest BCUT2D eigenvalue weighted by Crippen LogP contribution is 2.18. The summed E-state index contributed by atoms with van der Waals surface area (Å²) in [7, 11) is 0. The molecule has 5 heteroatoms. The molecule has 104 valence electrons. The third-order valence-corrected chi connectivity index (χ3v) is 2.84. The Bertz CT molecular complexity index is 608. The van der Waals surface area contributed by atoms with E-state index in [1.807, 2.05) is 13.0 Å². The fraction of sp³-hybridized carbons (Fsp3) is 0.267. The van der Waals surface area contributed by atoms with Gasteiger partial charge in [-0.25, -0.2) is 9.97 Å². The van der Waals surface area contributed by atoms with Crippen molar-refractivity contribution in [2.45, 2.75) is 20.3 Å². The van der Waals surface area contributed by atoms with E-state index in [2.05, 4.69) is 22.2 Å². The van der Waals surface area contributed by atoms with Gasteiger partial charge in [0.1, 0.15) is 5.82 Å². The molecular formula is C15H18N4O. The molecule has 20 heavy (non-hydrogen) atoms. The summed E-state index contributed by atoms with van der Waals surface area (Å²) in [5.41, 5.74) is 7.46. The minimum atomic E-state index is -0.438. The first kappa shape index (κ1) is 14.0. The molecule has 0 bridgehead atoms. The fourth-order valence-corrected chi connectivity index (χ4v) is 1.82. The van der Waals surface area contributed by atoms with Crippen LogP contribution in [0.15, 0.2) is 30.3 Å². The molecule has 1 amide bonds. The Labute approximate surface area is 118 Å². The van der Waals surface area contributed by atoms with E-state index < -0.39 is 5.91 Å². The number of rotatable bonds is 5. The van der Waals surface area contributed by atoms with Crippen LogP contribution in [0, 0.1) is 6.92 Å². The number of aryl methyl sites for hydroxylation is 1. The third kappa shape index (κ3) is 3.32. The van der Waals surface area contributed by atoms with Gasteiger partial charge in [-0.05, 0) is 25.5 Å². The number of nitrogens with zero attached hydrogens (tertiary/aromatic N) is 2. The van der Waals surface area contributed by atoms with Crippen LogP contribution in [0.3, 0.4) is 0 Å². The van der Waals surface area contributed by atoms with Crippen LogP contribution in [-0.4, -0.2) is 22.4 Å². The number of hydrogen-bond donors (Lipinski definition) is 2. The molecule has 0 atom stereocenters. The summed E-state index contributed by atoms with van der Waals surface area (Å²) in [6.07, 6.45) is 1.03. The zero-order chi connectivity index (χ0) is 14.5. The summed E-state index contributed by atoms with van der Waals surface area (Å²) in [5.74, 6) is 1.01. The van der Waals surface area contributed by atoms with Gasteiger partial charge in [0.15, 0.2) is 5.82 Å². The zero-order valence-corrected chi connectivity index (χ0v) is 11.7. The molecule has 0 aliphatic heterocycles. The quantitative estimate of drug-likeness (QED) is 0.874. The number of amides is 1. The van der Waals surface area contributed by atoms with Gasteiger partial charge in [0.2, 0.25) is 5.91 Å². The lowest BCUT2D eigenvalue weighted by atomic mass is 10.1. The van der Waals surface area contributed by atoms with Crippen molar-refractivity contribution in [1.82, 2.24) is 9.97 Å². The van der Waals surface area contributed by atoms with Gasteiger partial charge in [-0.15, -0.1) is 0 Å². The van der Waals surface area contributed by atoms with E-state index in [1.54, 1.807) is 24.3 Å². The summed E-state index contributed by atoms with van der Waals surface area (Å²) in [6.45, 7) is 4.90. The van der Waals surface area contributed by atoms with Gasteiger partial charge >= 0.3 is 0 Å². The van der Waals surface area contributed by atoms with Gasteiger partial charge < -0.3 is 11.1 Å². The molecule has 1 aromatic heterocycles. The van der Waals surface area contributed by atoms with Crippen molar-refractivity contribution >= 4 is 11.7 Å². The highest BCUT2D eigenvalue weighted by atomic mass is 16.1. The molecule has 0 unspecified atom stereocenters. The second-order valence-electron chi connectivity index (χ2n) is 4.59. The SMILES string of the molecule is CCCNc1cc(C)nc(-c2ccc(C(N)=O)cc2)n1. The predicted molar refractivity (Wildman–Crippen MR) is 79.5 cm³/mol. The van der Waals surface area contributed by atoms with Gasteiger partial charge in [-0.1, -0.05) is 19.1 Å². The first-order chi connectivity index (χ1) is 9.60. The minimum absolute atomic E-state index is 0.438.